The molecule has 0 unspecified atom stereocenters. The van der Waals surface area contributed by atoms with Gasteiger partial charge in [-0.25, -0.2) is 9.97 Å². The maximum atomic E-state index is 12.1. The molecule has 126 valence electrons. The number of H-pyrrole nitrogens is 1. The van der Waals surface area contributed by atoms with Crippen molar-refractivity contribution in [3.05, 3.63) is 70.8 Å². The highest BCUT2D eigenvalue weighted by Crippen LogP contribution is 2.24. The number of imidazole rings is 1. The Kier molecular flexibility index (Phi) is 4.03. The maximum absolute atomic E-state index is 12.1. The first kappa shape index (κ1) is 16.1. The smallest absolute Gasteiger partial charge is 0.270 e. The molecule has 0 atom stereocenters. The normalized spacial score (nSPS) is 10.8. The zero-order valence-corrected chi connectivity index (χ0v) is 14.6. The molecule has 0 fully saturated rings. The third-order valence-corrected chi connectivity index (χ3v) is 4.66. The lowest BCUT2D eigenvalue weighted by molar-refractivity contribution is 0.937. The fourth-order valence-electron chi connectivity index (χ4n) is 2.81. The molecule has 0 spiro atoms. The van der Waals surface area contributed by atoms with Crippen molar-refractivity contribution in [1.29, 1.82) is 5.26 Å². The summed E-state index contributed by atoms with van der Waals surface area (Å²) in [5.41, 5.74) is 3.57. The first-order chi connectivity index (χ1) is 12.7. The molecule has 2 heterocycles. The molecule has 26 heavy (non-hydrogen) atoms. The number of nitrogens with zero attached hydrogens (tertiary/aromatic N) is 4. The highest BCUT2D eigenvalue weighted by molar-refractivity contribution is 7.98. The van der Waals surface area contributed by atoms with Crippen LogP contribution >= 0.6 is 11.8 Å². The van der Waals surface area contributed by atoms with E-state index in [0.29, 0.717) is 10.9 Å². The van der Waals surface area contributed by atoms with Gasteiger partial charge >= 0.3 is 0 Å². The van der Waals surface area contributed by atoms with E-state index in [-0.39, 0.29) is 5.56 Å². The Hall–Kier alpha value is -3.37. The van der Waals surface area contributed by atoms with Gasteiger partial charge in [0.25, 0.3) is 5.56 Å². The van der Waals surface area contributed by atoms with Crippen LogP contribution in [0.1, 0.15) is 5.56 Å². The minimum absolute atomic E-state index is 0.0173. The number of para-hydroxylation sites is 2. The van der Waals surface area contributed by atoms with Gasteiger partial charge in [0.2, 0.25) is 0 Å². The molecule has 4 aromatic rings. The number of rotatable bonds is 3. The SMILES string of the molecule is CSc1nc(-c2ccc(-n3cnc4ccccc43)cc2)c(C#N)c(=O)[nH]1. The van der Waals surface area contributed by atoms with Crippen LogP contribution in [-0.2, 0) is 0 Å². The molecule has 0 bridgehead atoms. The molecular formula is C19H13N5OS. The van der Waals surface area contributed by atoms with E-state index in [9.17, 15) is 10.1 Å². The highest BCUT2D eigenvalue weighted by atomic mass is 32.2. The van der Waals surface area contributed by atoms with Gasteiger partial charge in [-0.3, -0.25) is 9.36 Å². The second kappa shape index (κ2) is 6.50. The second-order valence-corrected chi connectivity index (χ2v) is 6.36. The van der Waals surface area contributed by atoms with Crippen LogP contribution in [0.15, 0.2) is 64.8 Å². The van der Waals surface area contributed by atoms with Crippen molar-refractivity contribution in [3.63, 3.8) is 0 Å². The van der Waals surface area contributed by atoms with Crippen LogP contribution < -0.4 is 5.56 Å². The van der Waals surface area contributed by atoms with E-state index in [2.05, 4.69) is 15.0 Å². The number of hydrogen-bond donors (Lipinski definition) is 1. The number of aromatic nitrogens is 4. The van der Waals surface area contributed by atoms with E-state index in [1.165, 1.54) is 11.8 Å². The Balaban J connectivity index is 1.81. The maximum Gasteiger partial charge on any atom is 0.270 e. The minimum atomic E-state index is -0.425. The Morgan fingerprint density at radius 1 is 1.15 bits per heavy atom. The lowest BCUT2D eigenvalue weighted by atomic mass is 10.1. The molecule has 0 saturated heterocycles. The fourth-order valence-corrected chi connectivity index (χ4v) is 3.18. The molecule has 4 rings (SSSR count). The molecule has 1 N–H and O–H groups in total. The summed E-state index contributed by atoms with van der Waals surface area (Å²) in [6.07, 6.45) is 3.60. The fraction of sp³-hybridized carbons (Fsp3) is 0.0526. The quantitative estimate of drug-likeness (QED) is 0.448. The van der Waals surface area contributed by atoms with Crippen LogP contribution in [0.5, 0.6) is 0 Å². The number of fused-ring (bicyclic) bond motifs is 1. The van der Waals surface area contributed by atoms with Gasteiger partial charge in [-0.15, -0.1) is 0 Å². The second-order valence-electron chi connectivity index (χ2n) is 5.56. The van der Waals surface area contributed by atoms with Gasteiger partial charge in [-0.1, -0.05) is 36.0 Å². The first-order valence-corrected chi connectivity index (χ1v) is 9.05. The van der Waals surface area contributed by atoms with E-state index in [0.717, 1.165) is 22.3 Å². The van der Waals surface area contributed by atoms with Gasteiger partial charge in [0, 0.05) is 11.3 Å². The number of nitriles is 1. The van der Waals surface area contributed by atoms with Gasteiger partial charge < -0.3 is 4.98 Å². The summed E-state index contributed by atoms with van der Waals surface area (Å²) in [5.74, 6) is 0. The zero-order chi connectivity index (χ0) is 18.1. The van der Waals surface area contributed by atoms with Gasteiger partial charge in [0.05, 0.1) is 16.7 Å². The van der Waals surface area contributed by atoms with Crippen molar-refractivity contribution in [1.82, 2.24) is 19.5 Å². The molecule has 0 aliphatic carbocycles. The molecule has 2 aromatic heterocycles. The summed E-state index contributed by atoms with van der Waals surface area (Å²) >= 11 is 1.33. The Labute approximate surface area is 153 Å². The van der Waals surface area contributed by atoms with Crippen LogP contribution in [0, 0.1) is 11.3 Å². The predicted octanol–water partition coefficient (Wildman–Crippen LogP) is 3.37. The average Bonchev–Trinajstić information content (AvgIpc) is 3.11. The van der Waals surface area contributed by atoms with Crippen LogP contribution in [0.2, 0.25) is 0 Å². The van der Waals surface area contributed by atoms with E-state index in [1.54, 1.807) is 6.33 Å². The van der Waals surface area contributed by atoms with Crippen LogP contribution in [0.4, 0.5) is 0 Å². The van der Waals surface area contributed by atoms with E-state index in [1.807, 2.05) is 65.4 Å². The molecule has 0 saturated carbocycles. The number of benzene rings is 2. The van der Waals surface area contributed by atoms with Crippen molar-refractivity contribution in [2.45, 2.75) is 5.16 Å². The van der Waals surface area contributed by atoms with Gasteiger partial charge in [0.15, 0.2) is 5.16 Å². The largest absolute Gasteiger partial charge is 0.300 e. The summed E-state index contributed by atoms with van der Waals surface area (Å²) in [4.78, 5) is 23.5. The molecule has 0 radical (unpaired) electrons. The van der Waals surface area contributed by atoms with Crippen molar-refractivity contribution >= 4 is 22.8 Å². The summed E-state index contributed by atoms with van der Waals surface area (Å²) in [5, 5.41) is 9.80. The number of nitrogens with one attached hydrogen (secondary N) is 1. The molecule has 7 heteroatoms. The van der Waals surface area contributed by atoms with E-state index < -0.39 is 5.56 Å². The van der Waals surface area contributed by atoms with Crippen molar-refractivity contribution in [2.24, 2.45) is 0 Å². The molecule has 2 aromatic carbocycles. The Morgan fingerprint density at radius 2 is 1.92 bits per heavy atom. The molecule has 0 aliphatic heterocycles. The van der Waals surface area contributed by atoms with Crippen LogP contribution in [-0.4, -0.2) is 25.8 Å². The first-order valence-electron chi connectivity index (χ1n) is 7.82. The number of hydrogen-bond acceptors (Lipinski definition) is 5. The summed E-state index contributed by atoms with van der Waals surface area (Å²) in [6, 6.07) is 17.4. The summed E-state index contributed by atoms with van der Waals surface area (Å²) in [7, 11) is 0. The van der Waals surface area contributed by atoms with Crippen molar-refractivity contribution in [3.8, 4) is 23.0 Å². The Morgan fingerprint density at radius 3 is 2.65 bits per heavy atom. The average molecular weight is 359 g/mol. The van der Waals surface area contributed by atoms with Crippen LogP contribution in [0.3, 0.4) is 0 Å². The zero-order valence-electron chi connectivity index (χ0n) is 13.8. The summed E-state index contributed by atoms with van der Waals surface area (Å²) < 4.78 is 1.99. The lowest BCUT2D eigenvalue weighted by Crippen LogP contribution is -2.14. The standard InChI is InChI=1S/C19H13N5OS/c1-26-19-22-17(14(10-20)18(25)23-19)12-6-8-13(9-7-12)24-11-21-15-4-2-3-5-16(15)24/h2-9,11H,1H3,(H,22,23,25). The van der Waals surface area contributed by atoms with Gasteiger partial charge in [-0.2, -0.15) is 5.26 Å². The highest BCUT2D eigenvalue weighted by Gasteiger charge is 2.13. The van der Waals surface area contributed by atoms with Crippen LogP contribution in [0.25, 0.3) is 28.0 Å². The molecule has 6 nitrogen and oxygen atoms in total. The topological polar surface area (TPSA) is 87.4 Å². The molecule has 0 amide bonds. The van der Waals surface area contributed by atoms with Crippen molar-refractivity contribution in [2.75, 3.05) is 6.26 Å². The van der Waals surface area contributed by atoms with Gasteiger partial charge in [0.1, 0.15) is 18.0 Å². The predicted molar refractivity (Wildman–Crippen MR) is 101 cm³/mol. The third-order valence-electron chi connectivity index (χ3n) is 4.08. The third kappa shape index (κ3) is 2.66. The number of aromatic amines is 1. The molecule has 0 aliphatic rings. The monoisotopic (exact) mass is 359 g/mol. The van der Waals surface area contributed by atoms with E-state index in [4.69, 9.17) is 0 Å². The van der Waals surface area contributed by atoms with Gasteiger partial charge in [-0.05, 0) is 30.5 Å². The summed E-state index contributed by atoms with van der Waals surface area (Å²) in [6.45, 7) is 0. The lowest BCUT2D eigenvalue weighted by Gasteiger charge is -2.08. The number of thioether (sulfide) groups is 1. The van der Waals surface area contributed by atoms with E-state index >= 15 is 0 Å². The Bertz CT molecular complexity index is 1200. The van der Waals surface area contributed by atoms with Crippen molar-refractivity contribution < 1.29 is 0 Å². The minimum Gasteiger partial charge on any atom is -0.300 e. The molecular weight excluding hydrogens is 346 g/mol.